The third-order valence-electron chi connectivity index (χ3n) is 3.52. The molecule has 0 aromatic carbocycles. The highest BCUT2D eigenvalue weighted by atomic mass is 16.5. The lowest BCUT2D eigenvalue weighted by molar-refractivity contribution is 0.0876. The van der Waals surface area contributed by atoms with E-state index in [0.29, 0.717) is 12.4 Å². The van der Waals surface area contributed by atoms with Crippen LogP contribution in [0.15, 0.2) is 10.5 Å². The van der Waals surface area contributed by atoms with Crippen LogP contribution in [0.3, 0.4) is 0 Å². The van der Waals surface area contributed by atoms with E-state index in [1.165, 1.54) is 0 Å². The Morgan fingerprint density at radius 3 is 2.57 bits per heavy atom. The molecule has 1 N–H and O–H groups in total. The molecule has 1 amide bonds. The van der Waals surface area contributed by atoms with Gasteiger partial charge in [-0.2, -0.15) is 0 Å². The predicted molar refractivity (Wildman–Crippen MR) is 83.5 cm³/mol. The summed E-state index contributed by atoms with van der Waals surface area (Å²) in [5, 5.41) is 2.87. The van der Waals surface area contributed by atoms with Gasteiger partial charge in [0.15, 0.2) is 5.76 Å². The Labute approximate surface area is 127 Å². The van der Waals surface area contributed by atoms with Crippen LogP contribution in [0.4, 0.5) is 0 Å². The van der Waals surface area contributed by atoms with Crippen molar-refractivity contribution in [3.05, 3.63) is 23.2 Å². The minimum atomic E-state index is -0.181. The summed E-state index contributed by atoms with van der Waals surface area (Å²) in [4.78, 5) is 14.5. The van der Waals surface area contributed by atoms with Crippen molar-refractivity contribution in [2.24, 2.45) is 0 Å². The maximum atomic E-state index is 12.2. The second-order valence-electron chi connectivity index (χ2n) is 5.20. The van der Waals surface area contributed by atoms with Gasteiger partial charge in [0, 0.05) is 31.7 Å². The molecule has 0 aliphatic rings. The van der Waals surface area contributed by atoms with E-state index in [1.54, 1.807) is 7.11 Å². The summed E-state index contributed by atoms with van der Waals surface area (Å²) in [5.41, 5.74) is 1.10. The van der Waals surface area contributed by atoms with Gasteiger partial charge in [-0.1, -0.05) is 20.8 Å². The van der Waals surface area contributed by atoms with Crippen molar-refractivity contribution >= 4 is 5.91 Å². The third-order valence-corrected chi connectivity index (χ3v) is 3.52. The SMILES string of the molecule is CCc1oc(C(=O)NC(C)COC)cc1CN(CC)CC. The second kappa shape index (κ2) is 8.85. The molecule has 1 atom stereocenters. The number of hydrogen-bond donors (Lipinski definition) is 1. The average molecular weight is 296 g/mol. The number of methoxy groups -OCH3 is 1. The zero-order valence-electron chi connectivity index (χ0n) is 13.9. The maximum absolute atomic E-state index is 12.2. The summed E-state index contributed by atoms with van der Waals surface area (Å²) in [6.07, 6.45) is 0.789. The van der Waals surface area contributed by atoms with Crippen LogP contribution in [0, 0.1) is 0 Å². The molecule has 1 unspecified atom stereocenters. The number of amides is 1. The number of rotatable bonds is 9. The molecule has 120 valence electrons. The quantitative estimate of drug-likeness (QED) is 0.760. The van der Waals surface area contributed by atoms with Crippen LogP contribution in [-0.4, -0.2) is 43.7 Å². The molecular formula is C16H28N2O3. The van der Waals surface area contributed by atoms with Crippen LogP contribution in [-0.2, 0) is 17.7 Å². The standard InChI is InChI=1S/C16H28N2O3/c1-6-14-13(10-18(7-2)8-3)9-15(21-14)16(19)17-12(4)11-20-5/h9,12H,6-8,10-11H2,1-5H3,(H,17,19). The molecule has 5 nitrogen and oxygen atoms in total. The first-order valence-electron chi connectivity index (χ1n) is 7.69. The summed E-state index contributed by atoms with van der Waals surface area (Å²) < 4.78 is 10.7. The Bertz CT molecular complexity index is 439. The predicted octanol–water partition coefficient (Wildman–Crippen LogP) is 2.45. The van der Waals surface area contributed by atoms with Gasteiger partial charge in [-0.05, 0) is 26.1 Å². The molecular weight excluding hydrogens is 268 g/mol. The van der Waals surface area contributed by atoms with Gasteiger partial charge in [0.2, 0.25) is 0 Å². The van der Waals surface area contributed by atoms with E-state index in [4.69, 9.17) is 9.15 Å². The fraction of sp³-hybridized carbons (Fsp3) is 0.688. The average Bonchev–Trinajstić information content (AvgIpc) is 2.87. The number of nitrogens with one attached hydrogen (secondary N) is 1. The van der Waals surface area contributed by atoms with Crippen molar-refractivity contribution in [2.75, 3.05) is 26.8 Å². The lowest BCUT2D eigenvalue weighted by Crippen LogP contribution is -2.35. The van der Waals surface area contributed by atoms with Crippen LogP contribution in [0.1, 0.15) is 49.6 Å². The Morgan fingerprint density at radius 1 is 1.38 bits per heavy atom. The zero-order chi connectivity index (χ0) is 15.8. The smallest absolute Gasteiger partial charge is 0.287 e. The molecule has 0 spiro atoms. The van der Waals surface area contributed by atoms with Gasteiger partial charge in [0.25, 0.3) is 5.91 Å². The number of carbonyl (C=O) groups is 1. The summed E-state index contributed by atoms with van der Waals surface area (Å²) in [5.74, 6) is 1.10. The number of ether oxygens (including phenoxy) is 1. The number of carbonyl (C=O) groups excluding carboxylic acids is 1. The third kappa shape index (κ3) is 5.17. The van der Waals surface area contributed by atoms with Crippen molar-refractivity contribution in [2.45, 2.75) is 46.7 Å². The first-order chi connectivity index (χ1) is 10.0. The minimum absolute atomic E-state index is 0.0380. The van der Waals surface area contributed by atoms with E-state index >= 15 is 0 Å². The van der Waals surface area contributed by atoms with E-state index < -0.39 is 0 Å². The van der Waals surface area contributed by atoms with Crippen LogP contribution >= 0.6 is 0 Å². The minimum Gasteiger partial charge on any atom is -0.456 e. The summed E-state index contributed by atoms with van der Waals surface area (Å²) >= 11 is 0. The van der Waals surface area contributed by atoms with Gasteiger partial charge < -0.3 is 14.5 Å². The molecule has 0 saturated heterocycles. The van der Waals surface area contributed by atoms with E-state index in [-0.39, 0.29) is 11.9 Å². The van der Waals surface area contributed by atoms with E-state index in [1.807, 2.05) is 19.9 Å². The fourth-order valence-electron chi connectivity index (χ4n) is 2.29. The molecule has 0 bridgehead atoms. The van der Waals surface area contributed by atoms with Gasteiger partial charge >= 0.3 is 0 Å². The second-order valence-corrected chi connectivity index (χ2v) is 5.20. The van der Waals surface area contributed by atoms with Crippen molar-refractivity contribution in [1.82, 2.24) is 10.2 Å². The van der Waals surface area contributed by atoms with E-state index in [9.17, 15) is 4.79 Å². The molecule has 21 heavy (non-hydrogen) atoms. The Hall–Kier alpha value is -1.33. The fourth-order valence-corrected chi connectivity index (χ4v) is 2.29. The highest BCUT2D eigenvalue weighted by Crippen LogP contribution is 2.18. The van der Waals surface area contributed by atoms with Crippen LogP contribution in [0.2, 0.25) is 0 Å². The Balaban J connectivity index is 2.80. The van der Waals surface area contributed by atoms with Gasteiger partial charge in [-0.25, -0.2) is 0 Å². The summed E-state index contributed by atoms with van der Waals surface area (Å²) in [6.45, 7) is 11.5. The van der Waals surface area contributed by atoms with Crippen LogP contribution in [0.5, 0.6) is 0 Å². The monoisotopic (exact) mass is 296 g/mol. The van der Waals surface area contributed by atoms with E-state index in [2.05, 4.69) is 24.1 Å². The van der Waals surface area contributed by atoms with Crippen molar-refractivity contribution in [3.8, 4) is 0 Å². The molecule has 5 heteroatoms. The van der Waals surface area contributed by atoms with Crippen molar-refractivity contribution in [1.29, 1.82) is 0 Å². The maximum Gasteiger partial charge on any atom is 0.287 e. The lowest BCUT2D eigenvalue weighted by Gasteiger charge is -2.17. The molecule has 0 saturated carbocycles. The molecule has 1 rings (SSSR count). The molecule has 1 aromatic heterocycles. The van der Waals surface area contributed by atoms with Crippen molar-refractivity contribution < 1.29 is 13.9 Å². The van der Waals surface area contributed by atoms with E-state index in [0.717, 1.165) is 37.4 Å². The highest BCUT2D eigenvalue weighted by Gasteiger charge is 2.18. The topological polar surface area (TPSA) is 54.7 Å². The van der Waals surface area contributed by atoms with Crippen molar-refractivity contribution in [3.63, 3.8) is 0 Å². The molecule has 0 fully saturated rings. The normalized spacial score (nSPS) is 12.7. The summed E-state index contributed by atoms with van der Waals surface area (Å²) in [7, 11) is 1.62. The molecule has 0 aliphatic carbocycles. The number of furan rings is 1. The van der Waals surface area contributed by atoms with Crippen LogP contribution in [0.25, 0.3) is 0 Å². The highest BCUT2D eigenvalue weighted by molar-refractivity contribution is 5.92. The zero-order valence-corrected chi connectivity index (χ0v) is 13.9. The largest absolute Gasteiger partial charge is 0.456 e. The summed E-state index contributed by atoms with van der Waals surface area (Å²) in [6, 6.07) is 1.83. The molecule has 0 radical (unpaired) electrons. The molecule has 0 aliphatic heterocycles. The Kier molecular flexibility index (Phi) is 7.47. The van der Waals surface area contributed by atoms with Crippen LogP contribution < -0.4 is 5.32 Å². The number of nitrogens with zero attached hydrogens (tertiary/aromatic N) is 1. The first-order valence-corrected chi connectivity index (χ1v) is 7.69. The lowest BCUT2D eigenvalue weighted by atomic mass is 10.2. The van der Waals surface area contributed by atoms with Gasteiger partial charge in [-0.15, -0.1) is 0 Å². The van der Waals surface area contributed by atoms with Gasteiger partial charge in [0.1, 0.15) is 5.76 Å². The Morgan fingerprint density at radius 2 is 2.05 bits per heavy atom. The molecule has 1 heterocycles. The number of aryl methyl sites for hydroxylation is 1. The number of hydrogen-bond acceptors (Lipinski definition) is 4. The van der Waals surface area contributed by atoms with Gasteiger partial charge in [0.05, 0.1) is 6.61 Å². The molecule has 1 aromatic rings. The first kappa shape index (κ1) is 17.7. The van der Waals surface area contributed by atoms with Gasteiger partial charge in [-0.3, -0.25) is 9.69 Å².